The molecule has 1 aliphatic rings. The van der Waals surface area contributed by atoms with E-state index in [0.29, 0.717) is 18.2 Å². The van der Waals surface area contributed by atoms with Crippen LogP contribution in [0.4, 0.5) is 0 Å². The van der Waals surface area contributed by atoms with Crippen LogP contribution in [0.3, 0.4) is 0 Å². The molecule has 1 aliphatic carbocycles. The summed E-state index contributed by atoms with van der Waals surface area (Å²) in [5.41, 5.74) is 2.20. The van der Waals surface area contributed by atoms with Crippen LogP contribution in [-0.2, 0) is 13.6 Å². The van der Waals surface area contributed by atoms with Gasteiger partial charge in [-0.1, -0.05) is 0 Å². The quantitative estimate of drug-likeness (QED) is 0.717. The number of nitrogens with zero attached hydrogens (tertiary/aromatic N) is 6. The van der Waals surface area contributed by atoms with Crippen molar-refractivity contribution in [1.29, 1.82) is 0 Å². The maximum absolute atomic E-state index is 13.0. The molecular weight excluding hydrogens is 316 g/mol. The largest absolute Gasteiger partial charge is 0.337 e. The van der Waals surface area contributed by atoms with Crippen molar-refractivity contribution >= 4 is 17.1 Å². The zero-order valence-corrected chi connectivity index (χ0v) is 14.8. The predicted molar refractivity (Wildman–Crippen MR) is 94.0 cm³/mol. The Morgan fingerprint density at radius 2 is 2.12 bits per heavy atom. The van der Waals surface area contributed by atoms with Gasteiger partial charge in [0.05, 0.1) is 18.4 Å². The van der Waals surface area contributed by atoms with Gasteiger partial charge >= 0.3 is 0 Å². The fourth-order valence-electron chi connectivity index (χ4n) is 3.01. The van der Waals surface area contributed by atoms with E-state index >= 15 is 0 Å². The number of fused-ring (bicyclic) bond motifs is 1. The second-order valence-corrected chi connectivity index (χ2v) is 6.93. The Hall–Kier alpha value is -2.70. The first kappa shape index (κ1) is 15.8. The molecule has 3 aromatic rings. The van der Waals surface area contributed by atoms with Crippen molar-refractivity contribution in [3.8, 4) is 0 Å². The Morgan fingerprint density at radius 1 is 1.32 bits per heavy atom. The molecule has 7 heteroatoms. The van der Waals surface area contributed by atoms with Crippen LogP contribution in [0.5, 0.6) is 0 Å². The van der Waals surface area contributed by atoms with Gasteiger partial charge in [-0.05, 0) is 32.8 Å². The van der Waals surface area contributed by atoms with Crippen molar-refractivity contribution in [2.45, 2.75) is 45.3 Å². The number of imidazole rings is 2. The molecule has 0 unspecified atom stereocenters. The van der Waals surface area contributed by atoms with Gasteiger partial charge in [0, 0.05) is 37.7 Å². The molecule has 130 valence electrons. The topological polar surface area (TPSA) is 68.8 Å². The Morgan fingerprint density at radius 3 is 2.76 bits per heavy atom. The summed E-state index contributed by atoms with van der Waals surface area (Å²) in [7, 11) is 1.93. The number of aryl methyl sites for hydroxylation is 1. The fourth-order valence-corrected chi connectivity index (χ4v) is 3.01. The van der Waals surface area contributed by atoms with Gasteiger partial charge in [-0.2, -0.15) is 0 Å². The number of rotatable bonds is 5. The summed E-state index contributed by atoms with van der Waals surface area (Å²) in [6.07, 6.45) is 9.49. The highest BCUT2D eigenvalue weighted by Gasteiger charge is 2.26. The summed E-state index contributed by atoms with van der Waals surface area (Å²) in [5, 5.41) is 0. The maximum atomic E-state index is 13.0. The summed E-state index contributed by atoms with van der Waals surface area (Å²) < 4.78 is 4.04. The molecule has 0 spiro atoms. The Kier molecular flexibility index (Phi) is 3.78. The summed E-state index contributed by atoms with van der Waals surface area (Å²) >= 11 is 0. The molecule has 0 saturated heterocycles. The van der Waals surface area contributed by atoms with Crippen molar-refractivity contribution < 1.29 is 4.79 Å². The fraction of sp³-hybridized carbons (Fsp3) is 0.444. The Balaban J connectivity index is 1.63. The van der Waals surface area contributed by atoms with Crippen LogP contribution in [-0.4, -0.2) is 40.9 Å². The van der Waals surface area contributed by atoms with E-state index in [9.17, 15) is 4.79 Å². The minimum atomic E-state index is -0.0478. The van der Waals surface area contributed by atoms with Crippen molar-refractivity contribution in [2.75, 3.05) is 0 Å². The van der Waals surface area contributed by atoms with E-state index in [1.165, 1.54) is 12.8 Å². The average Bonchev–Trinajstić information content (AvgIpc) is 3.22. The molecule has 4 rings (SSSR count). The van der Waals surface area contributed by atoms with Crippen LogP contribution in [0.2, 0.25) is 0 Å². The highest BCUT2D eigenvalue weighted by molar-refractivity contribution is 5.96. The van der Waals surface area contributed by atoms with E-state index in [1.807, 2.05) is 49.0 Å². The molecule has 1 saturated carbocycles. The average molecular weight is 338 g/mol. The molecule has 0 aliphatic heterocycles. The van der Waals surface area contributed by atoms with E-state index in [4.69, 9.17) is 0 Å². The van der Waals surface area contributed by atoms with Gasteiger partial charge in [0.1, 0.15) is 11.3 Å². The third-order valence-corrected chi connectivity index (χ3v) is 4.72. The van der Waals surface area contributed by atoms with Gasteiger partial charge in [0.2, 0.25) is 0 Å². The molecular formula is C18H22N6O. The number of carbonyl (C=O) groups is 1. The van der Waals surface area contributed by atoms with Crippen LogP contribution >= 0.6 is 0 Å². The molecule has 0 radical (unpaired) electrons. The smallest absolute Gasteiger partial charge is 0.256 e. The lowest BCUT2D eigenvalue weighted by atomic mass is 10.2. The number of hydrogen-bond acceptors (Lipinski definition) is 4. The number of amides is 1. The van der Waals surface area contributed by atoms with E-state index in [0.717, 1.165) is 17.0 Å². The zero-order valence-electron chi connectivity index (χ0n) is 14.8. The Bertz CT molecular complexity index is 921. The molecule has 0 atom stereocenters. The van der Waals surface area contributed by atoms with Gasteiger partial charge in [-0.3, -0.25) is 4.79 Å². The van der Waals surface area contributed by atoms with Crippen molar-refractivity contribution in [2.24, 2.45) is 7.05 Å². The van der Waals surface area contributed by atoms with E-state index < -0.39 is 0 Å². The number of carbonyl (C=O) groups excluding carboxylic acids is 1. The monoisotopic (exact) mass is 338 g/mol. The molecule has 7 nitrogen and oxygen atoms in total. The van der Waals surface area contributed by atoms with E-state index in [-0.39, 0.29) is 11.9 Å². The number of aromatic nitrogens is 5. The van der Waals surface area contributed by atoms with Crippen LogP contribution in [0.15, 0.2) is 31.0 Å². The van der Waals surface area contributed by atoms with Crippen LogP contribution in [0.25, 0.3) is 11.2 Å². The SMILES string of the molecule is CC(C)N(Cc1nccn1C)C(=O)c1cnc2c(c1)ncn2C1CC1. The first-order chi connectivity index (χ1) is 12.0. The van der Waals surface area contributed by atoms with Gasteiger partial charge in [-0.15, -0.1) is 0 Å². The molecule has 3 aromatic heterocycles. The van der Waals surface area contributed by atoms with Crippen molar-refractivity contribution in [3.63, 3.8) is 0 Å². The van der Waals surface area contributed by atoms with Gasteiger partial charge in [0.15, 0.2) is 5.65 Å². The molecule has 0 N–H and O–H groups in total. The highest BCUT2D eigenvalue weighted by atomic mass is 16.2. The van der Waals surface area contributed by atoms with Crippen LogP contribution < -0.4 is 0 Å². The summed E-state index contributed by atoms with van der Waals surface area (Å²) in [6, 6.07) is 2.43. The number of pyridine rings is 1. The molecule has 1 amide bonds. The summed E-state index contributed by atoms with van der Waals surface area (Å²) in [5.74, 6) is 0.808. The van der Waals surface area contributed by atoms with Gasteiger partial charge in [-0.25, -0.2) is 15.0 Å². The molecule has 0 aromatic carbocycles. The van der Waals surface area contributed by atoms with Crippen LogP contribution in [0, 0.1) is 0 Å². The second-order valence-electron chi connectivity index (χ2n) is 6.93. The minimum absolute atomic E-state index is 0.0478. The van der Waals surface area contributed by atoms with Crippen LogP contribution in [0.1, 0.15) is 48.9 Å². The van der Waals surface area contributed by atoms with Crippen molar-refractivity contribution in [1.82, 2.24) is 29.0 Å². The van der Waals surface area contributed by atoms with E-state index in [1.54, 1.807) is 12.4 Å². The normalized spacial score (nSPS) is 14.4. The first-order valence-corrected chi connectivity index (χ1v) is 8.64. The molecule has 0 bridgehead atoms. The lowest BCUT2D eigenvalue weighted by Crippen LogP contribution is -2.37. The molecule has 25 heavy (non-hydrogen) atoms. The number of hydrogen-bond donors (Lipinski definition) is 0. The zero-order chi connectivity index (χ0) is 17.6. The summed E-state index contributed by atoms with van der Waals surface area (Å²) in [6.45, 7) is 4.48. The van der Waals surface area contributed by atoms with Gasteiger partial charge < -0.3 is 14.0 Å². The maximum Gasteiger partial charge on any atom is 0.256 e. The van der Waals surface area contributed by atoms with Crippen molar-refractivity contribution in [3.05, 3.63) is 42.4 Å². The molecule has 3 heterocycles. The predicted octanol–water partition coefficient (Wildman–Crippen LogP) is 2.55. The first-order valence-electron chi connectivity index (χ1n) is 8.64. The molecule has 1 fully saturated rings. The second kappa shape index (κ2) is 5.98. The van der Waals surface area contributed by atoms with E-state index in [2.05, 4.69) is 19.5 Å². The third-order valence-electron chi connectivity index (χ3n) is 4.72. The standard InChI is InChI=1S/C18H22N6O/c1-12(2)23(10-16-19-6-7-22(16)3)18(25)13-8-15-17(20-9-13)24(11-21-15)14-4-5-14/h6-9,11-12,14H,4-5,10H2,1-3H3. The van der Waals surface area contributed by atoms with Gasteiger partial charge in [0.25, 0.3) is 5.91 Å². The Labute approximate surface area is 146 Å². The minimum Gasteiger partial charge on any atom is -0.337 e. The third kappa shape index (κ3) is 2.90. The highest BCUT2D eigenvalue weighted by Crippen LogP contribution is 2.36. The lowest BCUT2D eigenvalue weighted by molar-refractivity contribution is 0.0683. The summed E-state index contributed by atoms with van der Waals surface area (Å²) in [4.78, 5) is 28.1. The lowest BCUT2D eigenvalue weighted by Gasteiger charge is -2.26.